The van der Waals surface area contributed by atoms with Crippen molar-refractivity contribution in [2.45, 2.75) is 43.8 Å². The summed E-state index contributed by atoms with van der Waals surface area (Å²) < 4.78 is 31.1. The summed E-state index contributed by atoms with van der Waals surface area (Å²) in [4.78, 5) is 11.1. The molecule has 2 rings (SSSR count). The second-order valence-electron chi connectivity index (χ2n) is 5.31. The summed E-state index contributed by atoms with van der Waals surface area (Å²) in [5, 5.41) is 9.07. The van der Waals surface area contributed by atoms with Crippen molar-refractivity contribution in [2.24, 2.45) is 0 Å². The number of rotatable bonds is 4. The van der Waals surface area contributed by atoms with Crippen LogP contribution in [0.5, 0.6) is 0 Å². The first-order valence-electron chi connectivity index (χ1n) is 6.62. The monoisotopic (exact) mass is 376 g/mol. The summed E-state index contributed by atoms with van der Waals surface area (Å²) >= 11 is 3.22. The normalized spacial score (nSPS) is 22.4. The van der Waals surface area contributed by atoms with E-state index < -0.39 is 15.8 Å². The van der Waals surface area contributed by atoms with Crippen LogP contribution < -0.4 is 0 Å². The van der Waals surface area contributed by atoms with Gasteiger partial charge < -0.3 is 9.84 Å². The Morgan fingerprint density at radius 2 is 2.10 bits per heavy atom. The highest BCUT2D eigenvalue weighted by Crippen LogP contribution is 2.29. The fourth-order valence-electron chi connectivity index (χ4n) is 2.44. The van der Waals surface area contributed by atoms with E-state index in [0.717, 1.165) is 6.42 Å². The number of carboxylic acids is 1. The molecule has 1 aliphatic heterocycles. The molecule has 1 aliphatic rings. The minimum Gasteiger partial charge on any atom is -0.478 e. The maximum atomic E-state index is 12.5. The van der Waals surface area contributed by atoms with Gasteiger partial charge in [-0.15, -0.1) is 0 Å². The second-order valence-corrected chi connectivity index (χ2v) is 8.17. The molecule has 5 nitrogen and oxygen atoms in total. The van der Waals surface area contributed by atoms with Crippen LogP contribution in [0.3, 0.4) is 0 Å². The molecule has 0 bridgehead atoms. The third-order valence-electron chi connectivity index (χ3n) is 3.60. The van der Waals surface area contributed by atoms with Crippen molar-refractivity contribution < 1.29 is 23.1 Å². The molecule has 0 aromatic heterocycles. The molecule has 1 fully saturated rings. The van der Waals surface area contributed by atoms with E-state index in [1.54, 1.807) is 6.92 Å². The van der Waals surface area contributed by atoms with Gasteiger partial charge in [0, 0.05) is 4.47 Å². The van der Waals surface area contributed by atoms with Crippen LogP contribution in [0.2, 0.25) is 0 Å². The maximum absolute atomic E-state index is 12.5. The van der Waals surface area contributed by atoms with Gasteiger partial charge in [0.25, 0.3) is 0 Å². The fraction of sp³-hybridized carbons (Fsp3) is 0.500. The molecule has 1 heterocycles. The van der Waals surface area contributed by atoms with Crippen LogP contribution in [0, 0.1) is 6.92 Å². The minimum atomic E-state index is -3.59. The molecular weight excluding hydrogens is 360 g/mol. The van der Waals surface area contributed by atoms with Crippen molar-refractivity contribution >= 4 is 31.7 Å². The van der Waals surface area contributed by atoms with Gasteiger partial charge in [-0.25, -0.2) is 13.2 Å². The van der Waals surface area contributed by atoms with Gasteiger partial charge in [-0.2, -0.15) is 0 Å². The van der Waals surface area contributed by atoms with E-state index in [1.165, 1.54) is 12.1 Å². The zero-order valence-corrected chi connectivity index (χ0v) is 14.2. The molecule has 1 saturated heterocycles. The third kappa shape index (κ3) is 3.64. The Bertz CT molecular complexity index is 668. The Morgan fingerprint density at radius 1 is 1.43 bits per heavy atom. The predicted molar refractivity (Wildman–Crippen MR) is 81.5 cm³/mol. The number of hydrogen-bond acceptors (Lipinski definition) is 4. The van der Waals surface area contributed by atoms with Crippen LogP contribution in [0.15, 0.2) is 21.5 Å². The van der Waals surface area contributed by atoms with Gasteiger partial charge in [-0.1, -0.05) is 15.9 Å². The first-order valence-corrected chi connectivity index (χ1v) is 9.07. The molecular formula is C14H17BrO5S. The van der Waals surface area contributed by atoms with Gasteiger partial charge in [0.05, 0.1) is 28.4 Å². The molecule has 1 N–H and O–H groups in total. The van der Waals surface area contributed by atoms with Crippen LogP contribution in [-0.4, -0.2) is 37.5 Å². The van der Waals surface area contributed by atoms with E-state index >= 15 is 0 Å². The number of carboxylic acid groups (broad SMARTS) is 1. The topological polar surface area (TPSA) is 80.7 Å². The molecule has 7 heteroatoms. The van der Waals surface area contributed by atoms with E-state index in [1.807, 2.05) is 6.92 Å². The zero-order valence-electron chi connectivity index (χ0n) is 11.8. The largest absolute Gasteiger partial charge is 0.478 e. The summed E-state index contributed by atoms with van der Waals surface area (Å²) in [7, 11) is -3.59. The van der Waals surface area contributed by atoms with Crippen LogP contribution >= 0.6 is 15.9 Å². The summed E-state index contributed by atoms with van der Waals surface area (Å²) in [6.07, 6.45) is 1.30. The highest BCUT2D eigenvalue weighted by molar-refractivity contribution is 9.10. The molecule has 0 radical (unpaired) electrons. The van der Waals surface area contributed by atoms with E-state index in [0.29, 0.717) is 16.5 Å². The lowest BCUT2D eigenvalue weighted by Crippen LogP contribution is -2.22. The Labute approximate surface area is 132 Å². The number of halogens is 1. The number of hydrogen-bond donors (Lipinski definition) is 1. The lowest BCUT2D eigenvalue weighted by atomic mass is 10.1. The van der Waals surface area contributed by atoms with Gasteiger partial charge >= 0.3 is 5.97 Å². The summed E-state index contributed by atoms with van der Waals surface area (Å²) in [6.45, 7) is 3.57. The van der Waals surface area contributed by atoms with E-state index in [9.17, 15) is 13.2 Å². The molecule has 0 aliphatic carbocycles. The Morgan fingerprint density at radius 3 is 2.62 bits per heavy atom. The van der Waals surface area contributed by atoms with Crippen LogP contribution in [0.25, 0.3) is 0 Å². The molecule has 21 heavy (non-hydrogen) atoms. The minimum absolute atomic E-state index is 0.0493. The first-order chi connectivity index (χ1) is 9.70. The smallest absolute Gasteiger partial charge is 0.335 e. The molecule has 0 spiro atoms. The first kappa shape index (κ1) is 16.5. The number of carbonyl (C=O) groups is 1. The van der Waals surface area contributed by atoms with Crippen molar-refractivity contribution in [3.8, 4) is 0 Å². The van der Waals surface area contributed by atoms with E-state index in [2.05, 4.69) is 15.9 Å². The predicted octanol–water partition coefficient (Wildman–Crippen LogP) is 2.80. The molecule has 116 valence electrons. The van der Waals surface area contributed by atoms with E-state index in [-0.39, 0.29) is 28.4 Å². The van der Waals surface area contributed by atoms with E-state index in [4.69, 9.17) is 9.84 Å². The average molecular weight is 377 g/mol. The SMILES string of the molecule is Cc1c(Br)cc(C(=O)O)cc1S(=O)(=O)CC1CCC(C)O1. The molecule has 1 aromatic carbocycles. The van der Waals surface area contributed by atoms with Crippen LogP contribution in [0.1, 0.15) is 35.7 Å². The van der Waals surface area contributed by atoms with Gasteiger partial charge in [0.1, 0.15) is 0 Å². The quantitative estimate of drug-likeness (QED) is 0.873. The number of aromatic carboxylic acids is 1. The molecule has 2 atom stereocenters. The van der Waals surface area contributed by atoms with Gasteiger partial charge in [0.2, 0.25) is 0 Å². The van der Waals surface area contributed by atoms with Crippen LogP contribution in [-0.2, 0) is 14.6 Å². The Kier molecular flexibility index (Phi) is 4.75. The highest BCUT2D eigenvalue weighted by Gasteiger charge is 2.30. The molecule has 0 saturated carbocycles. The Hall–Kier alpha value is -0.920. The lowest BCUT2D eigenvalue weighted by Gasteiger charge is -2.14. The average Bonchev–Trinajstić information content (AvgIpc) is 2.76. The zero-order chi connectivity index (χ0) is 15.8. The molecule has 2 unspecified atom stereocenters. The highest BCUT2D eigenvalue weighted by atomic mass is 79.9. The molecule has 0 amide bonds. The van der Waals surface area contributed by atoms with Gasteiger partial charge in [-0.3, -0.25) is 0 Å². The van der Waals surface area contributed by atoms with Crippen LogP contribution in [0.4, 0.5) is 0 Å². The second kappa shape index (κ2) is 6.06. The maximum Gasteiger partial charge on any atom is 0.335 e. The summed E-state index contributed by atoms with van der Waals surface area (Å²) in [5.41, 5.74) is 0.470. The Balaban J connectivity index is 2.37. The lowest BCUT2D eigenvalue weighted by molar-refractivity contribution is 0.0688. The third-order valence-corrected chi connectivity index (χ3v) is 6.33. The van der Waals surface area contributed by atoms with Crippen molar-refractivity contribution in [3.63, 3.8) is 0 Å². The van der Waals surface area contributed by atoms with Crippen molar-refractivity contribution in [3.05, 3.63) is 27.7 Å². The van der Waals surface area contributed by atoms with Crippen molar-refractivity contribution in [1.82, 2.24) is 0 Å². The fourth-order valence-corrected chi connectivity index (χ4v) is 4.83. The summed E-state index contributed by atoms with van der Waals surface area (Å²) in [6, 6.07) is 2.63. The van der Waals surface area contributed by atoms with Crippen molar-refractivity contribution in [2.75, 3.05) is 5.75 Å². The standard InChI is InChI=1S/C14H17BrO5S/c1-8-3-4-11(20-8)7-21(18,19)13-6-10(14(16)17)5-12(15)9(13)2/h5-6,8,11H,3-4,7H2,1-2H3,(H,16,17). The summed E-state index contributed by atoms with van der Waals surface area (Å²) in [5.74, 6) is -1.27. The molecule has 1 aromatic rings. The van der Waals surface area contributed by atoms with Gasteiger partial charge in [-0.05, 0) is 44.4 Å². The number of sulfone groups is 1. The number of ether oxygens (including phenoxy) is 1. The van der Waals surface area contributed by atoms with Gasteiger partial charge in [0.15, 0.2) is 9.84 Å². The number of benzene rings is 1. The van der Waals surface area contributed by atoms with Crippen molar-refractivity contribution in [1.29, 1.82) is 0 Å².